The molecular formula is C26H42N2O. The number of aliphatic imine (C=N–C) groups is 1. The van der Waals surface area contributed by atoms with Crippen molar-refractivity contribution in [3.8, 4) is 5.75 Å². The Morgan fingerprint density at radius 2 is 1.41 bits per heavy atom. The van der Waals surface area contributed by atoms with Crippen molar-refractivity contribution >= 4 is 6.21 Å². The van der Waals surface area contributed by atoms with Gasteiger partial charge in [-0.25, -0.2) is 0 Å². The van der Waals surface area contributed by atoms with Crippen molar-refractivity contribution in [2.75, 3.05) is 6.61 Å². The van der Waals surface area contributed by atoms with Gasteiger partial charge in [-0.3, -0.25) is 4.99 Å². The summed E-state index contributed by atoms with van der Waals surface area (Å²) < 4.78 is 5.95. The first-order valence-corrected chi connectivity index (χ1v) is 12.0. The molecule has 0 amide bonds. The Morgan fingerprint density at radius 3 is 2.03 bits per heavy atom. The van der Waals surface area contributed by atoms with Gasteiger partial charge in [-0.15, -0.1) is 0 Å². The maximum atomic E-state index is 5.95. The molecule has 0 radical (unpaired) electrons. The molecule has 1 aliphatic rings. The van der Waals surface area contributed by atoms with Gasteiger partial charge < -0.3 is 10.1 Å². The highest BCUT2D eigenvalue weighted by Gasteiger charge is 2.30. The summed E-state index contributed by atoms with van der Waals surface area (Å²) in [7, 11) is 0. The van der Waals surface area contributed by atoms with Crippen LogP contribution in [-0.2, 0) is 5.66 Å². The third kappa shape index (κ3) is 8.64. The van der Waals surface area contributed by atoms with E-state index in [0.29, 0.717) is 0 Å². The van der Waals surface area contributed by atoms with Crippen LogP contribution in [0, 0.1) is 0 Å². The average Bonchev–Trinajstić information content (AvgIpc) is 2.76. The van der Waals surface area contributed by atoms with Crippen LogP contribution in [0.1, 0.15) is 103 Å². The average molecular weight is 399 g/mol. The largest absolute Gasteiger partial charge is 0.494 e. The van der Waals surface area contributed by atoms with E-state index in [1.54, 1.807) is 0 Å². The SMILES string of the molecule is CCCCCCCCOc1ccc([C@]2(CCCCCCCC)N=CC=CN2)cc1. The maximum Gasteiger partial charge on any atom is 0.155 e. The maximum absolute atomic E-state index is 5.95. The van der Waals surface area contributed by atoms with Crippen LogP contribution in [0.4, 0.5) is 0 Å². The zero-order valence-corrected chi connectivity index (χ0v) is 18.8. The highest BCUT2D eigenvalue weighted by Crippen LogP contribution is 2.32. The standard InChI is InChI=1S/C26H42N2O/c1-3-5-7-9-11-13-20-26(27-21-15-22-28-26)24-16-18-25(19-17-24)29-23-14-12-10-8-6-4-2/h15-19,21-22,27H,3-14,20,23H2,1-2H3/t26-/m0/s1. The normalized spacial score (nSPS) is 18.0. The second kappa shape index (κ2) is 14.3. The Hall–Kier alpha value is -1.77. The number of nitrogens with one attached hydrogen (secondary N) is 1. The molecule has 1 aromatic carbocycles. The minimum atomic E-state index is -0.322. The Kier molecular flexibility index (Phi) is 11.6. The summed E-state index contributed by atoms with van der Waals surface area (Å²) in [5.74, 6) is 0.965. The number of hydrogen-bond acceptors (Lipinski definition) is 3. The van der Waals surface area contributed by atoms with E-state index in [-0.39, 0.29) is 5.66 Å². The van der Waals surface area contributed by atoms with Crippen molar-refractivity contribution in [2.45, 2.75) is 103 Å². The molecule has 162 valence electrons. The van der Waals surface area contributed by atoms with E-state index in [4.69, 9.17) is 9.73 Å². The number of rotatable bonds is 16. The smallest absolute Gasteiger partial charge is 0.155 e. The van der Waals surface area contributed by atoms with Crippen LogP contribution < -0.4 is 10.1 Å². The van der Waals surface area contributed by atoms with Crippen LogP contribution in [0.2, 0.25) is 0 Å². The topological polar surface area (TPSA) is 33.6 Å². The summed E-state index contributed by atoms with van der Waals surface area (Å²) in [6.45, 7) is 5.34. The quantitative estimate of drug-likeness (QED) is 0.292. The lowest BCUT2D eigenvalue weighted by Crippen LogP contribution is -2.39. The molecule has 0 bridgehead atoms. The molecule has 1 N–H and O–H groups in total. The zero-order chi connectivity index (χ0) is 20.6. The lowest BCUT2D eigenvalue weighted by molar-refractivity contribution is 0.303. The summed E-state index contributed by atoms with van der Waals surface area (Å²) in [5.41, 5.74) is 0.899. The van der Waals surface area contributed by atoms with Crippen LogP contribution in [0.15, 0.2) is 41.5 Å². The molecule has 0 spiro atoms. The second-order valence-electron chi connectivity index (χ2n) is 8.30. The van der Waals surface area contributed by atoms with Crippen molar-refractivity contribution < 1.29 is 4.74 Å². The molecule has 3 nitrogen and oxygen atoms in total. The van der Waals surface area contributed by atoms with E-state index in [9.17, 15) is 0 Å². The van der Waals surface area contributed by atoms with E-state index < -0.39 is 0 Å². The van der Waals surface area contributed by atoms with Gasteiger partial charge in [0.2, 0.25) is 0 Å². The van der Waals surface area contributed by atoms with Crippen molar-refractivity contribution in [3.63, 3.8) is 0 Å². The third-order valence-electron chi connectivity index (χ3n) is 5.79. The van der Waals surface area contributed by atoms with Gasteiger partial charge in [0.1, 0.15) is 5.75 Å². The molecule has 2 rings (SSSR count). The number of ether oxygens (including phenoxy) is 1. The van der Waals surface area contributed by atoms with Crippen LogP contribution >= 0.6 is 0 Å². The Balaban J connectivity index is 1.80. The fourth-order valence-corrected chi connectivity index (χ4v) is 3.94. The van der Waals surface area contributed by atoms with Gasteiger partial charge in [0.25, 0.3) is 0 Å². The molecule has 0 saturated carbocycles. The molecule has 0 aromatic heterocycles. The molecule has 0 saturated heterocycles. The number of unbranched alkanes of at least 4 members (excludes halogenated alkanes) is 10. The first kappa shape index (κ1) is 23.5. The number of benzene rings is 1. The van der Waals surface area contributed by atoms with Gasteiger partial charge in [0.15, 0.2) is 5.66 Å². The molecule has 1 aliphatic heterocycles. The van der Waals surface area contributed by atoms with Crippen LogP contribution in [0.3, 0.4) is 0 Å². The fraction of sp³-hybridized carbons (Fsp3) is 0.654. The molecule has 3 heteroatoms. The predicted octanol–water partition coefficient (Wildman–Crippen LogP) is 7.52. The molecule has 1 aromatic rings. The van der Waals surface area contributed by atoms with Crippen molar-refractivity contribution in [2.24, 2.45) is 4.99 Å². The lowest BCUT2D eigenvalue weighted by atomic mass is 9.92. The van der Waals surface area contributed by atoms with Crippen LogP contribution in [-0.4, -0.2) is 12.8 Å². The monoisotopic (exact) mass is 398 g/mol. The lowest BCUT2D eigenvalue weighted by Gasteiger charge is -2.32. The van der Waals surface area contributed by atoms with Crippen LogP contribution in [0.5, 0.6) is 5.75 Å². The van der Waals surface area contributed by atoms with E-state index >= 15 is 0 Å². The minimum absolute atomic E-state index is 0.322. The predicted molar refractivity (Wildman–Crippen MR) is 126 cm³/mol. The first-order chi connectivity index (χ1) is 14.3. The van der Waals surface area contributed by atoms with E-state index in [1.165, 1.54) is 76.2 Å². The van der Waals surface area contributed by atoms with Crippen molar-refractivity contribution in [3.05, 3.63) is 42.1 Å². The minimum Gasteiger partial charge on any atom is -0.494 e. The molecule has 29 heavy (non-hydrogen) atoms. The van der Waals surface area contributed by atoms with Crippen molar-refractivity contribution in [1.82, 2.24) is 5.32 Å². The first-order valence-electron chi connectivity index (χ1n) is 12.0. The van der Waals surface area contributed by atoms with E-state index in [0.717, 1.165) is 25.2 Å². The Labute approximate surface area is 179 Å². The Bertz CT molecular complexity index is 593. The zero-order valence-electron chi connectivity index (χ0n) is 18.8. The van der Waals surface area contributed by atoms with E-state index in [2.05, 4.69) is 43.4 Å². The summed E-state index contributed by atoms with van der Waals surface area (Å²) in [6, 6.07) is 8.56. The summed E-state index contributed by atoms with van der Waals surface area (Å²) >= 11 is 0. The number of allylic oxidation sites excluding steroid dienone is 1. The number of hydrogen-bond donors (Lipinski definition) is 1. The highest BCUT2D eigenvalue weighted by atomic mass is 16.5. The van der Waals surface area contributed by atoms with E-state index in [1.807, 2.05) is 18.5 Å². The van der Waals surface area contributed by atoms with Gasteiger partial charge >= 0.3 is 0 Å². The van der Waals surface area contributed by atoms with Gasteiger partial charge in [0, 0.05) is 12.4 Å². The summed E-state index contributed by atoms with van der Waals surface area (Å²) in [4.78, 5) is 4.84. The molecule has 1 heterocycles. The summed E-state index contributed by atoms with van der Waals surface area (Å²) in [6.07, 6.45) is 22.5. The number of nitrogens with zero attached hydrogens (tertiary/aromatic N) is 1. The molecule has 1 atom stereocenters. The summed E-state index contributed by atoms with van der Waals surface area (Å²) in [5, 5.41) is 3.53. The van der Waals surface area contributed by atoms with Crippen molar-refractivity contribution in [1.29, 1.82) is 0 Å². The molecular weight excluding hydrogens is 356 g/mol. The fourth-order valence-electron chi connectivity index (χ4n) is 3.94. The Morgan fingerprint density at radius 1 is 0.793 bits per heavy atom. The molecule has 0 unspecified atom stereocenters. The van der Waals surface area contributed by atoms with Crippen LogP contribution in [0.25, 0.3) is 0 Å². The van der Waals surface area contributed by atoms with Gasteiger partial charge in [-0.05, 0) is 43.0 Å². The van der Waals surface area contributed by atoms with Gasteiger partial charge in [0.05, 0.1) is 6.61 Å². The van der Waals surface area contributed by atoms with Gasteiger partial charge in [-0.1, -0.05) is 90.2 Å². The third-order valence-corrected chi connectivity index (χ3v) is 5.79. The highest BCUT2D eigenvalue weighted by molar-refractivity contribution is 5.72. The molecule has 0 fully saturated rings. The van der Waals surface area contributed by atoms with Gasteiger partial charge in [-0.2, -0.15) is 0 Å². The second-order valence-corrected chi connectivity index (χ2v) is 8.30. The molecule has 0 aliphatic carbocycles.